The lowest BCUT2D eigenvalue weighted by Gasteiger charge is -2.23. The maximum absolute atomic E-state index is 13.6. The molecular formula is C54H46N6O4S8. The van der Waals surface area contributed by atoms with Crippen LogP contribution in [0.5, 0.6) is 0 Å². The number of amides is 4. The van der Waals surface area contributed by atoms with Crippen LogP contribution >= 0.6 is 90.7 Å². The number of nitrogens with zero attached hydrogens (tertiary/aromatic N) is 6. The molecule has 10 heterocycles. The van der Waals surface area contributed by atoms with E-state index in [1.807, 2.05) is 150 Å². The predicted octanol–water partition coefficient (Wildman–Crippen LogP) is 14.0. The third-order valence-corrected chi connectivity index (χ3v) is 17.9. The maximum atomic E-state index is 13.6. The second kappa shape index (κ2) is 25.4. The van der Waals surface area contributed by atoms with Gasteiger partial charge in [-0.15, -0.1) is 90.7 Å². The van der Waals surface area contributed by atoms with Crippen LogP contribution in [0.25, 0.3) is 0 Å². The van der Waals surface area contributed by atoms with Crippen molar-refractivity contribution in [3.63, 3.8) is 0 Å². The van der Waals surface area contributed by atoms with Crippen molar-refractivity contribution in [1.82, 2.24) is 29.6 Å². The molecule has 0 aliphatic heterocycles. The van der Waals surface area contributed by atoms with E-state index in [1.54, 1.807) is 137 Å². The van der Waals surface area contributed by atoms with E-state index in [0.29, 0.717) is 63.5 Å². The highest BCUT2D eigenvalue weighted by molar-refractivity contribution is 7.11. The van der Waals surface area contributed by atoms with Gasteiger partial charge >= 0.3 is 0 Å². The van der Waals surface area contributed by atoms with Crippen molar-refractivity contribution in [1.29, 1.82) is 0 Å². The van der Waals surface area contributed by atoms with Crippen LogP contribution in [0.1, 0.15) is 80.7 Å². The Morgan fingerprint density at radius 3 is 0.778 bits per heavy atom. The lowest BCUT2D eigenvalue weighted by molar-refractivity contribution is 0.0710. The summed E-state index contributed by atoms with van der Waals surface area (Å²) in [5, 5.41) is 16.1. The van der Waals surface area contributed by atoms with Crippen LogP contribution in [-0.4, -0.2) is 53.2 Å². The number of carbonyl (C=O) groups is 4. The summed E-state index contributed by atoms with van der Waals surface area (Å²) in [6, 6.07) is 39.0. The van der Waals surface area contributed by atoms with E-state index in [-0.39, 0.29) is 35.0 Å². The van der Waals surface area contributed by atoms with Crippen LogP contribution in [0.15, 0.2) is 177 Å². The molecule has 0 bridgehead atoms. The van der Waals surface area contributed by atoms with Crippen LogP contribution in [0.4, 0.5) is 0 Å². The molecule has 10 rings (SSSR count). The summed E-state index contributed by atoms with van der Waals surface area (Å²) in [5.74, 6) is -0.645. The van der Waals surface area contributed by atoms with E-state index < -0.39 is 0 Å². The zero-order valence-corrected chi connectivity index (χ0v) is 45.1. The summed E-state index contributed by atoms with van der Waals surface area (Å²) in [6.45, 7) is 4.03. The molecule has 0 saturated carbocycles. The Bertz CT molecular complexity index is 2620. The van der Waals surface area contributed by atoms with Crippen molar-refractivity contribution in [2.75, 3.05) is 0 Å². The van der Waals surface area contributed by atoms with Crippen LogP contribution in [0, 0.1) is 0 Å². The van der Waals surface area contributed by atoms with Crippen molar-refractivity contribution in [2.24, 2.45) is 0 Å². The topological polar surface area (TPSA) is 107 Å². The molecule has 0 aliphatic carbocycles. The molecule has 0 fully saturated rings. The highest BCUT2D eigenvalue weighted by Crippen LogP contribution is 2.25. The van der Waals surface area contributed by atoms with Gasteiger partial charge in [0.15, 0.2) is 0 Å². The van der Waals surface area contributed by atoms with Crippen molar-refractivity contribution in [3.05, 3.63) is 238 Å². The van der Waals surface area contributed by atoms with Crippen molar-refractivity contribution >= 4 is 114 Å². The average molecular weight is 1100 g/mol. The fraction of sp³-hybridized carbons (Fsp3) is 0.148. The third-order valence-electron chi connectivity index (χ3n) is 11.0. The Morgan fingerprint density at radius 1 is 0.319 bits per heavy atom. The summed E-state index contributed by atoms with van der Waals surface area (Å²) >= 11 is 13.0. The molecular weight excluding hydrogens is 1050 g/mol. The minimum Gasteiger partial charge on any atom is -0.328 e. The molecule has 0 N–H and O–H groups in total. The zero-order valence-electron chi connectivity index (χ0n) is 38.6. The van der Waals surface area contributed by atoms with Gasteiger partial charge in [0.25, 0.3) is 23.6 Å². The second-order valence-electron chi connectivity index (χ2n) is 16.2. The molecule has 4 amide bonds. The number of hydrogen-bond acceptors (Lipinski definition) is 14. The standard InChI is InChI=1S/2C27H23N3O2S4/c31-26(29(16-20-6-2-12-33-20)17-21-7-3-13-34-21)24-10-1-11-25(28-24)27(32)30(18-22-8-4-14-35-22)19-23-9-5-15-36-23;31-26(29(16-22-5-1-9-33-22)17-23-6-2-10-34-23)20-13-21(15-28-14-20)27(32)30(18-24-7-3-11-35-24)19-25-8-4-12-36-25/h2*1-15H,16-19H2. The molecule has 0 atom stereocenters. The molecule has 10 aromatic rings. The van der Waals surface area contributed by atoms with Crippen molar-refractivity contribution in [2.45, 2.75) is 52.4 Å². The van der Waals surface area contributed by atoms with Gasteiger partial charge in [-0.05, 0) is 110 Å². The molecule has 0 radical (unpaired) electrons. The van der Waals surface area contributed by atoms with Crippen LogP contribution in [-0.2, 0) is 52.4 Å². The van der Waals surface area contributed by atoms with Crippen LogP contribution in [0.3, 0.4) is 0 Å². The van der Waals surface area contributed by atoms with Crippen molar-refractivity contribution in [3.8, 4) is 0 Å². The first-order valence-electron chi connectivity index (χ1n) is 22.6. The molecule has 18 heteroatoms. The first kappa shape index (κ1) is 50.7. The summed E-state index contributed by atoms with van der Waals surface area (Å²) < 4.78 is 0. The summed E-state index contributed by atoms with van der Waals surface area (Å²) in [4.78, 5) is 79.4. The van der Waals surface area contributed by atoms with Gasteiger partial charge in [0.1, 0.15) is 11.4 Å². The molecule has 0 saturated heterocycles. The fourth-order valence-corrected chi connectivity index (χ4v) is 13.3. The Balaban J connectivity index is 0.000000178. The average Bonchev–Trinajstić information content (AvgIpc) is 4.24. The summed E-state index contributed by atoms with van der Waals surface area (Å²) in [7, 11) is 0. The first-order valence-corrected chi connectivity index (χ1v) is 29.6. The lowest BCUT2D eigenvalue weighted by Crippen LogP contribution is -2.32. The number of rotatable bonds is 20. The Kier molecular flexibility index (Phi) is 17.9. The van der Waals surface area contributed by atoms with Crippen molar-refractivity contribution < 1.29 is 19.2 Å². The molecule has 0 unspecified atom stereocenters. The van der Waals surface area contributed by atoms with E-state index in [2.05, 4.69) is 9.97 Å². The largest absolute Gasteiger partial charge is 0.328 e. The molecule has 0 spiro atoms. The first-order chi connectivity index (χ1) is 35.3. The Hall–Kier alpha value is -6.22. The predicted molar refractivity (Wildman–Crippen MR) is 297 cm³/mol. The van der Waals surface area contributed by atoms with Gasteiger partial charge in [0.2, 0.25) is 0 Å². The van der Waals surface area contributed by atoms with E-state index >= 15 is 0 Å². The van der Waals surface area contributed by atoms with E-state index in [9.17, 15) is 19.2 Å². The minimum atomic E-state index is -0.186. The number of carbonyl (C=O) groups excluding carboxylic acids is 4. The quantitative estimate of drug-likeness (QED) is 0.0752. The molecule has 0 aliphatic rings. The smallest absolute Gasteiger partial charge is 0.273 e. The van der Waals surface area contributed by atoms with Gasteiger partial charge in [-0.25, -0.2) is 4.98 Å². The lowest BCUT2D eigenvalue weighted by atomic mass is 10.1. The number of thiophene rings is 8. The van der Waals surface area contributed by atoms with Crippen LogP contribution in [0.2, 0.25) is 0 Å². The normalized spacial score (nSPS) is 10.9. The molecule has 10 aromatic heterocycles. The van der Waals surface area contributed by atoms with E-state index in [1.165, 1.54) is 0 Å². The highest BCUT2D eigenvalue weighted by Gasteiger charge is 2.25. The SMILES string of the molecule is O=C(c1cccc(C(=O)N(Cc2cccs2)Cc2cccs2)n1)N(Cc1cccs1)Cc1cccs1.O=C(c1cncc(C(=O)N(Cc2cccs2)Cc2cccs2)c1)N(Cc1cccs1)Cc1cccs1. The van der Waals surface area contributed by atoms with Gasteiger partial charge in [0, 0.05) is 51.4 Å². The van der Waals surface area contributed by atoms with Gasteiger partial charge in [-0.2, -0.15) is 0 Å². The summed E-state index contributed by atoms with van der Waals surface area (Å²) in [6.07, 6.45) is 3.11. The third kappa shape index (κ3) is 14.0. The van der Waals surface area contributed by atoms with E-state index in [4.69, 9.17) is 0 Å². The summed E-state index contributed by atoms with van der Waals surface area (Å²) in [5.41, 5.74) is 1.39. The van der Waals surface area contributed by atoms with Gasteiger partial charge in [-0.1, -0.05) is 54.6 Å². The zero-order chi connectivity index (χ0) is 49.5. The maximum Gasteiger partial charge on any atom is 0.273 e. The second-order valence-corrected chi connectivity index (χ2v) is 24.4. The number of pyridine rings is 2. The number of aromatic nitrogens is 2. The molecule has 72 heavy (non-hydrogen) atoms. The number of hydrogen-bond donors (Lipinski definition) is 0. The molecule has 10 nitrogen and oxygen atoms in total. The van der Waals surface area contributed by atoms with Gasteiger partial charge in [-0.3, -0.25) is 24.2 Å². The molecule has 364 valence electrons. The minimum absolute atomic E-state index is 0.137. The fourth-order valence-electron chi connectivity index (χ4n) is 7.56. The van der Waals surface area contributed by atoms with Gasteiger partial charge < -0.3 is 19.6 Å². The molecule has 0 aromatic carbocycles. The monoisotopic (exact) mass is 1100 g/mol. The highest BCUT2D eigenvalue weighted by atomic mass is 32.1. The Labute approximate surface area is 450 Å². The van der Waals surface area contributed by atoms with Gasteiger partial charge in [0.05, 0.1) is 63.5 Å². The van der Waals surface area contributed by atoms with Crippen LogP contribution < -0.4 is 0 Å². The van der Waals surface area contributed by atoms with E-state index in [0.717, 1.165) is 39.0 Å². The Morgan fingerprint density at radius 2 is 0.556 bits per heavy atom.